The van der Waals surface area contributed by atoms with Gasteiger partial charge in [-0.25, -0.2) is 0 Å². The van der Waals surface area contributed by atoms with Crippen LogP contribution in [0.1, 0.15) is 30.2 Å². The van der Waals surface area contributed by atoms with Crippen molar-refractivity contribution < 1.29 is 14.3 Å². The molecule has 2 aromatic rings. The minimum Gasteiger partial charge on any atom is -0.359 e. The molecule has 0 radical (unpaired) electrons. The highest BCUT2D eigenvalue weighted by molar-refractivity contribution is 9.10. The smallest absolute Gasteiger partial charge is 0.217 e. The normalized spacial score (nSPS) is 13.3. The third kappa shape index (κ3) is 5.41. The number of nitrogens with one attached hydrogen (secondary N) is 1. The zero-order chi connectivity index (χ0) is 17.5. The molecule has 0 unspecified atom stereocenters. The van der Waals surface area contributed by atoms with Gasteiger partial charge in [-0.15, -0.1) is 0 Å². The Kier molecular flexibility index (Phi) is 7.42. The second-order valence-corrected chi connectivity index (χ2v) is 7.11. The van der Waals surface area contributed by atoms with Gasteiger partial charge in [0.1, 0.15) is 12.9 Å². The minimum atomic E-state index is -0.388. The molecule has 2 rings (SSSR count). The SMILES string of the molecule is COCO[C@@H](c1cccc(Br)c1)[C@H](NC(C)=O)c1cccc(Br)c1. The van der Waals surface area contributed by atoms with Gasteiger partial charge >= 0.3 is 0 Å². The minimum absolute atomic E-state index is 0.124. The van der Waals surface area contributed by atoms with Gasteiger partial charge in [0.25, 0.3) is 0 Å². The highest BCUT2D eigenvalue weighted by Gasteiger charge is 2.27. The van der Waals surface area contributed by atoms with E-state index < -0.39 is 0 Å². The molecule has 0 aliphatic heterocycles. The molecule has 0 aromatic heterocycles. The predicted octanol–water partition coefficient (Wildman–Crippen LogP) is 4.75. The van der Waals surface area contributed by atoms with Crippen LogP contribution in [0.25, 0.3) is 0 Å². The molecular weight excluding hydrogens is 438 g/mol. The van der Waals surface area contributed by atoms with Gasteiger partial charge in [0.05, 0.1) is 6.04 Å². The molecule has 0 bridgehead atoms. The third-order valence-corrected chi connectivity index (χ3v) is 4.40. The fraction of sp³-hybridized carbons (Fsp3) is 0.278. The molecule has 0 aliphatic carbocycles. The lowest BCUT2D eigenvalue weighted by Crippen LogP contribution is -2.32. The van der Waals surface area contributed by atoms with Crippen molar-refractivity contribution in [3.63, 3.8) is 0 Å². The number of hydrogen-bond acceptors (Lipinski definition) is 3. The molecule has 1 N–H and O–H groups in total. The van der Waals surface area contributed by atoms with Crippen LogP contribution >= 0.6 is 31.9 Å². The van der Waals surface area contributed by atoms with Crippen LogP contribution in [-0.4, -0.2) is 19.8 Å². The first-order valence-corrected chi connectivity index (χ1v) is 8.98. The summed E-state index contributed by atoms with van der Waals surface area (Å²) in [5.41, 5.74) is 1.89. The summed E-state index contributed by atoms with van der Waals surface area (Å²) in [4.78, 5) is 11.8. The maximum Gasteiger partial charge on any atom is 0.217 e. The van der Waals surface area contributed by atoms with E-state index in [0.717, 1.165) is 20.1 Å². The van der Waals surface area contributed by atoms with Gasteiger partial charge in [0.15, 0.2) is 0 Å². The summed E-state index contributed by atoms with van der Waals surface area (Å²) < 4.78 is 12.9. The molecule has 1 amide bonds. The van der Waals surface area contributed by atoms with Crippen molar-refractivity contribution >= 4 is 37.8 Å². The van der Waals surface area contributed by atoms with Crippen LogP contribution in [0.15, 0.2) is 57.5 Å². The standard InChI is InChI=1S/C18H19Br2NO3/c1-12(22)21-17(13-5-3-7-15(19)9-13)18(24-11-23-2)14-6-4-8-16(20)10-14/h3-10,17-18H,11H2,1-2H3,(H,21,22)/t17-,18+/m1/s1. The van der Waals surface area contributed by atoms with Crippen LogP contribution in [0.3, 0.4) is 0 Å². The molecule has 24 heavy (non-hydrogen) atoms. The molecule has 0 aliphatic rings. The topological polar surface area (TPSA) is 47.6 Å². The van der Waals surface area contributed by atoms with E-state index in [9.17, 15) is 4.79 Å². The van der Waals surface area contributed by atoms with E-state index in [1.54, 1.807) is 7.11 Å². The van der Waals surface area contributed by atoms with E-state index in [1.807, 2.05) is 48.5 Å². The van der Waals surface area contributed by atoms with E-state index >= 15 is 0 Å². The first-order chi connectivity index (χ1) is 11.5. The maximum absolute atomic E-state index is 11.8. The van der Waals surface area contributed by atoms with Gasteiger partial charge in [0.2, 0.25) is 5.91 Å². The van der Waals surface area contributed by atoms with E-state index in [0.29, 0.717) is 0 Å². The Bertz CT molecular complexity index is 693. The summed E-state index contributed by atoms with van der Waals surface area (Å²) >= 11 is 6.97. The molecule has 0 spiro atoms. The van der Waals surface area contributed by atoms with Crippen LogP contribution in [0.5, 0.6) is 0 Å². The number of methoxy groups -OCH3 is 1. The largest absolute Gasteiger partial charge is 0.359 e. The highest BCUT2D eigenvalue weighted by Crippen LogP contribution is 2.34. The molecule has 2 aromatic carbocycles. The third-order valence-electron chi connectivity index (χ3n) is 3.41. The lowest BCUT2D eigenvalue weighted by Gasteiger charge is -2.29. The average Bonchev–Trinajstić information content (AvgIpc) is 2.54. The number of carbonyl (C=O) groups excluding carboxylic acids is 1. The van der Waals surface area contributed by atoms with Gasteiger partial charge in [-0.05, 0) is 35.4 Å². The highest BCUT2D eigenvalue weighted by atomic mass is 79.9. The number of halogens is 2. The van der Waals surface area contributed by atoms with Crippen molar-refractivity contribution in [1.82, 2.24) is 5.32 Å². The summed E-state index contributed by atoms with van der Waals surface area (Å²) in [6.07, 6.45) is -0.388. The molecule has 2 atom stereocenters. The first-order valence-electron chi connectivity index (χ1n) is 7.40. The van der Waals surface area contributed by atoms with Crippen LogP contribution in [-0.2, 0) is 14.3 Å². The Balaban J connectivity index is 2.45. The number of carbonyl (C=O) groups is 1. The van der Waals surface area contributed by atoms with Gasteiger partial charge in [-0.3, -0.25) is 4.79 Å². The first kappa shape index (κ1) is 19.1. The number of ether oxygens (including phenoxy) is 2. The summed E-state index contributed by atoms with van der Waals surface area (Å²) in [6, 6.07) is 15.3. The zero-order valence-electron chi connectivity index (χ0n) is 13.5. The number of rotatable bonds is 7. The zero-order valence-corrected chi connectivity index (χ0v) is 16.6. The van der Waals surface area contributed by atoms with Crippen molar-refractivity contribution in [1.29, 1.82) is 0 Å². The van der Waals surface area contributed by atoms with Gasteiger partial charge in [-0.1, -0.05) is 56.1 Å². The number of amides is 1. The molecule has 0 saturated carbocycles. The molecule has 128 valence electrons. The van der Waals surface area contributed by atoms with Crippen LogP contribution in [0, 0.1) is 0 Å². The fourth-order valence-corrected chi connectivity index (χ4v) is 3.30. The average molecular weight is 457 g/mol. The van der Waals surface area contributed by atoms with Crippen LogP contribution < -0.4 is 5.32 Å². The van der Waals surface area contributed by atoms with E-state index in [-0.39, 0.29) is 24.8 Å². The van der Waals surface area contributed by atoms with Crippen molar-refractivity contribution in [2.75, 3.05) is 13.9 Å². The van der Waals surface area contributed by atoms with Crippen molar-refractivity contribution in [2.45, 2.75) is 19.1 Å². The van der Waals surface area contributed by atoms with Crippen molar-refractivity contribution in [2.24, 2.45) is 0 Å². The molecular formula is C18H19Br2NO3. The number of hydrogen-bond donors (Lipinski definition) is 1. The lowest BCUT2D eigenvalue weighted by molar-refractivity contribution is -0.123. The van der Waals surface area contributed by atoms with Crippen LogP contribution in [0.2, 0.25) is 0 Å². The molecule has 0 fully saturated rings. The fourth-order valence-electron chi connectivity index (χ4n) is 2.46. The Labute approximate surface area is 158 Å². The second-order valence-electron chi connectivity index (χ2n) is 5.28. The molecule has 0 heterocycles. The monoisotopic (exact) mass is 455 g/mol. The van der Waals surface area contributed by atoms with Crippen LogP contribution in [0.4, 0.5) is 0 Å². The van der Waals surface area contributed by atoms with E-state index in [4.69, 9.17) is 9.47 Å². The summed E-state index contributed by atoms with van der Waals surface area (Å²) in [5, 5.41) is 2.99. The lowest BCUT2D eigenvalue weighted by atomic mass is 9.95. The molecule has 0 saturated heterocycles. The van der Waals surface area contributed by atoms with E-state index in [2.05, 4.69) is 37.2 Å². The van der Waals surface area contributed by atoms with Crippen molar-refractivity contribution in [3.8, 4) is 0 Å². The van der Waals surface area contributed by atoms with Gasteiger partial charge < -0.3 is 14.8 Å². The van der Waals surface area contributed by atoms with Gasteiger partial charge in [0, 0.05) is 23.0 Å². The van der Waals surface area contributed by atoms with E-state index in [1.165, 1.54) is 6.92 Å². The summed E-state index contributed by atoms with van der Waals surface area (Å²) in [6.45, 7) is 1.63. The van der Waals surface area contributed by atoms with Gasteiger partial charge in [-0.2, -0.15) is 0 Å². The molecule has 4 nitrogen and oxygen atoms in total. The Morgan fingerprint density at radius 1 is 1.08 bits per heavy atom. The second kappa shape index (κ2) is 9.32. The maximum atomic E-state index is 11.8. The molecule has 6 heteroatoms. The quantitative estimate of drug-likeness (QED) is 0.611. The predicted molar refractivity (Wildman–Crippen MR) is 101 cm³/mol. The Hall–Kier alpha value is -1.21. The Morgan fingerprint density at radius 2 is 1.67 bits per heavy atom. The Morgan fingerprint density at radius 3 is 2.21 bits per heavy atom. The number of benzene rings is 2. The van der Waals surface area contributed by atoms with Crippen molar-refractivity contribution in [3.05, 3.63) is 68.6 Å². The summed E-state index contributed by atoms with van der Waals surface area (Å²) in [5.74, 6) is -0.124. The summed E-state index contributed by atoms with van der Waals surface area (Å²) in [7, 11) is 1.57.